The molecule has 0 atom stereocenters. The van der Waals surface area contributed by atoms with Gasteiger partial charge in [0.05, 0.1) is 6.54 Å². The predicted molar refractivity (Wildman–Crippen MR) is 82.8 cm³/mol. The zero-order valence-corrected chi connectivity index (χ0v) is 12.4. The highest BCUT2D eigenvalue weighted by Gasteiger charge is 2.17. The van der Waals surface area contributed by atoms with Crippen LogP contribution in [-0.2, 0) is 4.79 Å². The van der Waals surface area contributed by atoms with Crippen LogP contribution in [0.4, 0.5) is 11.4 Å². The highest BCUT2D eigenvalue weighted by Crippen LogP contribution is 2.16. The van der Waals surface area contributed by atoms with Crippen molar-refractivity contribution in [3.05, 3.63) is 23.8 Å². The molecule has 1 amide bonds. The molecule has 0 unspecified atom stereocenters. The van der Waals surface area contributed by atoms with Crippen molar-refractivity contribution in [1.82, 2.24) is 9.80 Å². The zero-order chi connectivity index (χ0) is 14.5. The maximum Gasteiger partial charge on any atom is 0.238 e. The standard InChI is InChI=1S/C15H24N4O/c1-3-18-6-8-19(9-7-18)11-15(20)17-13-5-4-12(2)14(16)10-13/h4-5,10H,3,6-9,11,16H2,1-2H3,(H,17,20). The van der Waals surface area contributed by atoms with Crippen molar-refractivity contribution in [3.8, 4) is 0 Å². The van der Waals surface area contributed by atoms with E-state index in [-0.39, 0.29) is 5.91 Å². The maximum absolute atomic E-state index is 12.0. The van der Waals surface area contributed by atoms with Crippen LogP contribution < -0.4 is 11.1 Å². The Morgan fingerprint density at radius 2 is 1.90 bits per heavy atom. The number of rotatable bonds is 4. The normalized spacial score (nSPS) is 17.1. The van der Waals surface area contributed by atoms with E-state index in [4.69, 9.17) is 5.73 Å². The summed E-state index contributed by atoms with van der Waals surface area (Å²) in [4.78, 5) is 16.6. The topological polar surface area (TPSA) is 61.6 Å². The van der Waals surface area contributed by atoms with Crippen molar-refractivity contribution in [2.75, 3.05) is 50.3 Å². The molecule has 5 nitrogen and oxygen atoms in total. The van der Waals surface area contributed by atoms with Crippen molar-refractivity contribution in [2.45, 2.75) is 13.8 Å². The third-order valence-electron chi connectivity index (χ3n) is 3.84. The molecule has 0 aromatic heterocycles. The molecule has 5 heteroatoms. The van der Waals surface area contributed by atoms with Gasteiger partial charge in [0.25, 0.3) is 0 Å². The fourth-order valence-electron chi connectivity index (χ4n) is 2.39. The van der Waals surface area contributed by atoms with E-state index < -0.39 is 0 Å². The maximum atomic E-state index is 12.0. The minimum Gasteiger partial charge on any atom is -0.398 e. The van der Waals surface area contributed by atoms with Crippen molar-refractivity contribution in [3.63, 3.8) is 0 Å². The van der Waals surface area contributed by atoms with Gasteiger partial charge in [0.15, 0.2) is 0 Å². The minimum absolute atomic E-state index is 0.0261. The fourth-order valence-corrected chi connectivity index (χ4v) is 2.39. The summed E-state index contributed by atoms with van der Waals surface area (Å²) >= 11 is 0. The van der Waals surface area contributed by atoms with Crippen molar-refractivity contribution in [1.29, 1.82) is 0 Å². The lowest BCUT2D eigenvalue weighted by Gasteiger charge is -2.33. The zero-order valence-electron chi connectivity index (χ0n) is 12.4. The van der Waals surface area contributed by atoms with E-state index in [1.807, 2.05) is 25.1 Å². The summed E-state index contributed by atoms with van der Waals surface area (Å²) < 4.78 is 0. The van der Waals surface area contributed by atoms with Gasteiger partial charge in [-0.15, -0.1) is 0 Å². The number of amides is 1. The minimum atomic E-state index is 0.0261. The first-order valence-electron chi connectivity index (χ1n) is 7.19. The third kappa shape index (κ3) is 3.95. The summed E-state index contributed by atoms with van der Waals surface area (Å²) in [6, 6.07) is 5.62. The second-order valence-electron chi connectivity index (χ2n) is 5.33. The lowest BCUT2D eigenvalue weighted by Crippen LogP contribution is -2.48. The molecule has 1 aromatic rings. The Morgan fingerprint density at radius 1 is 1.25 bits per heavy atom. The molecule has 0 radical (unpaired) electrons. The number of carbonyl (C=O) groups excluding carboxylic acids is 1. The Morgan fingerprint density at radius 3 is 2.50 bits per heavy atom. The lowest BCUT2D eigenvalue weighted by molar-refractivity contribution is -0.117. The highest BCUT2D eigenvalue weighted by atomic mass is 16.2. The van der Waals surface area contributed by atoms with Crippen LogP contribution in [0.15, 0.2) is 18.2 Å². The average Bonchev–Trinajstić information content (AvgIpc) is 2.44. The summed E-state index contributed by atoms with van der Waals surface area (Å²) in [6.45, 7) is 9.66. The molecule has 1 fully saturated rings. The van der Waals surface area contributed by atoms with Crippen LogP contribution in [0.2, 0.25) is 0 Å². The number of nitrogens with two attached hydrogens (primary N) is 1. The Labute approximate surface area is 120 Å². The van der Waals surface area contributed by atoms with E-state index in [9.17, 15) is 4.79 Å². The van der Waals surface area contributed by atoms with Gasteiger partial charge in [0, 0.05) is 37.6 Å². The Bertz CT molecular complexity index is 467. The number of anilines is 2. The molecule has 1 aliphatic rings. The fraction of sp³-hybridized carbons (Fsp3) is 0.533. The van der Waals surface area contributed by atoms with Crippen LogP contribution in [0.3, 0.4) is 0 Å². The van der Waals surface area contributed by atoms with Crippen LogP contribution in [0.1, 0.15) is 12.5 Å². The number of benzene rings is 1. The Kier molecular flexibility index (Phi) is 4.98. The quantitative estimate of drug-likeness (QED) is 0.810. The lowest BCUT2D eigenvalue weighted by atomic mass is 10.2. The molecule has 1 saturated heterocycles. The number of hydrogen-bond acceptors (Lipinski definition) is 4. The molecule has 110 valence electrons. The summed E-state index contributed by atoms with van der Waals surface area (Å²) in [5, 5.41) is 2.91. The number of hydrogen-bond donors (Lipinski definition) is 2. The van der Waals surface area contributed by atoms with Crippen molar-refractivity contribution >= 4 is 17.3 Å². The van der Waals surface area contributed by atoms with E-state index >= 15 is 0 Å². The number of aryl methyl sites for hydroxylation is 1. The van der Waals surface area contributed by atoms with Crippen molar-refractivity contribution in [2.24, 2.45) is 0 Å². The van der Waals surface area contributed by atoms with Gasteiger partial charge in [-0.1, -0.05) is 13.0 Å². The highest BCUT2D eigenvalue weighted by molar-refractivity contribution is 5.92. The van der Waals surface area contributed by atoms with E-state index in [2.05, 4.69) is 22.0 Å². The largest absolute Gasteiger partial charge is 0.398 e. The molecule has 1 heterocycles. The number of carbonyl (C=O) groups is 1. The second-order valence-corrected chi connectivity index (χ2v) is 5.33. The second kappa shape index (κ2) is 6.72. The van der Waals surface area contributed by atoms with Gasteiger partial charge in [-0.05, 0) is 31.2 Å². The van der Waals surface area contributed by atoms with Crippen LogP contribution in [0.25, 0.3) is 0 Å². The van der Waals surface area contributed by atoms with Crippen LogP contribution >= 0.6 is 0 Å². The van der Waals surface area contributed by atoms with Gasteiger partial charge in [-0.2, -0.15) is 0 Å². The molecular formula is C15H24N4O. The van der Waals surface area contributed by atoms with Gasteiger partial charge in [0.2, 0.25) is 5.91 Å². The SMILES string of the molecule is CCN1CCN(CC(=O)Nc2ccc(C)c(N)c2)CC1. The molecule has 1 aromatic carbocycles. The van der Waals surface area contributed by atoms with Gasteiger partial charge in [-0.3, -0.25) is 9.69 Å². The first-order valence-corrected chi connectivity index (χ1v) is 7.19. The van der Waals surface area contributed by atoms with Gasteiger partial charge < -0.3 is 16.0 Å². The number of nitrogens with one attached hydrogen (secondary N) is 1. The monoisotopic (exact) mass is 276 g/mol. The first kappa shape index (κ1) is 14.8. The number of nitrogens with zero attached hydrogens (tertiary/aromatic N) is 2. The summed E-state index contributed by atoms with van der Waals surface area (Å²) in [7, 11) is 0. The van der Waals surface area contributed by atoms with Crippen LogP contribution in [0, 0.1) is 6.92 Å². The van der Waals surface area contributed by atoms with Crippen LogP contribution in [-0.4, -0.2) is 55.0 Å². The molecular weight excluding hydrogens is 252 g/mol. The van der Waals surface area contributed by atoms with E-state index in [1.54, 1.807) is 0 Å². The number of nitrogen functional groups attached to an aromatic ring is 1. The molecule has 20 heavy (non-hydrogen) atoms. The van der Waals surface area contributed by atoms with E-state index in [0.717, 1.165) is 44.0 Å². The smallest absolute Gasteiger partial charge is 0.238 e. The summed E-state index contributed by atoms with van der Waals surface area (Å²) in [6.07, 6.45) is 0. The summed E-state index contributed by atoms with van der Waals surface area (Å²) in [5.41, 5.74) is 8.35. The number of piperazine rings is 1. The van der Waals surface area contributed by atoms with E-state index in [0.29, 0.717) is 12.2 Å². The molecule has 2 rings (SSSR count). The van der Waals surface area contributed by atoms with Gasteiger partial charge in [-0.25, -0.2) is 0 Å². The Balaban J connectivity index is 1.82. The third-order valence-corrected chi connectivity index (χ3v) is 3.84. The van der Waals surface area contributed by atoms with Crippen LogP contribution in [0.5, 0.6) is 0 Å². The average molecular weight is 276 g/mol. The molecule has 0 bridgehead atoms. The number of likely N-dealkylation sites (N-methyl/N-ethyl adjacent to an activating group) is 1. The molecule has 0 aliphatic carbocycles. The molecule has 1 aliphatic heterocycles. The molecule has 0 spiro atoms. The van der Waals surface area contributed by atoms with Gasteiger partial charge in [0.1, 0.15) is 0 Å². The first-order chi connectivity index (χ1) is 9.58. The van der Waals surface area contributed by atoms with Gasteiger partial charge >= 0.3 is 0 Å². The molecule has 3 N–H and O–H groups in total. The van der Waals surface area contributed by atoms with E-state index in [1.165, 1.54) is 0 Å². The van der Waals surface area contributed by atoms with Crippen molar-refractivity contribution < 1.29 is 4.79 Å². The Hall–Kier alpha value is -1.59. The summed E-state index contributed by atoms with van der Waals surface area (Å²) in [5.74, 6) is 0.0261. The molecule has 0 saturated carbocycles. The predicted octanol–water partition coefficient (Wildman–Crippen LogP) is 1.15.